The second kappa shape index (κ2) is 14.5. The first-order valence-corrected chi connectivity index (χ1v) is 15.3. The molecule has 9 nitrogen and oxygen atoms in total. The van der Waals surface area contributed by atoms with E-state index in [0.717, 1.165) is 77.4 Å². The molecule has 1 atom stereocenters. The number of carbonyl (C=O) groups is 1. The van der Waals surface area contributed by atoms with Crippen molar-refractivity contribution in [3.63, 3.8) is 0 Å². The van der Waals surface area contributed by atoms with Crippen LogP contribution in [0.25, 0.3) is 22.4 Å². The van der Waals surface area contributed by atoms with Gasteiger partial charge in [-0.2, -0.15) is 0 Å². The van der Waals surface area contributed by atoms with Gasteiger partial charge in [0.2, 0.25) is 0 Å². The number of hydrogen-bond donors (Lipinski definition) is 2. The Kier molecular flexibility index (Phi) is 10.3. The van der Waals surface area contributed by atoms with Crippen molar-refractivity contribution in [1.82, 2.24) is 19.9 Å². The number of rotatable bonds is 11. The number of piperidine rings is 1. The molecule has 1 aliphatic heterocycles. The Labute approximate surface area is 259 Å². The maximum absolute atomic E-state index is 13.5. The fourth-order valence-corrected chi connectivity index (χ4v) is 5.32. The Morgan fingerprint density at radius 3 is 2.55 bits per heavy atom. The fraction of sp³-hybridized carbons (Fsp3) is 0.371. The van der Waals surface area contributed by atoms with Crippen molar-refractivity contribution in [3.8, 4) is 28.1 Å². The Morgan fingerprint density at radius 1 is 1.02 bits per heavy atom. The Bertz CT molecular complexity index is 1560. The molecule has 0 aliphatic carbocycles. The molecule has 1 aliphatic rings. The number of benzene rings is 1. The molecule has 4 aromatic rings. The van der Waals surface area contributed by atoms with Crippen LogP contribution in [0.15, 0.2) is 67.0 Å². The first kappa shape index (κ1) is 31.3. The number of nitrogens with one attached hydrogen (secondary N) is 1. The van der Waals surface area contributed by atoms with Crippen LogP contribution in [0.4, 0.5) is 5.82 Å². The van der Waals surface area contributed by atoms with Gasteiger partial charge < -0.3 is 20.5 Å². The van der Waals surface area contributed by atoms with Crippen molar-refractivity contribution in [2.75, 3.05) is 31.6 Å². The number of ether oxygens (including phenoxy) is 2. The summed E-state index contributed by atoms with van der Waals surface area (Å²) in [4.78, 5) is 29.5. The molecule has 3 N–H and O–H groups in total. The second-order valence-electron chi connectivity index (χ2n) is 11.7. The van der Waals surface area contributed by atoms with Gasteiger partial charge in [-0.25, -0.2) is 4.98 Å². The summed E-state index contributed by atoms with van der Waals surface area (Å²) in [5.41, 5.74) is 13.0. The number of nitrogens with zero attached hydrogens (tertiary/aromatic N) is 4. The van der Waals surface area contributed by atoms with Crippen molar-refractivity contribution < 1.29 is 14.3 Å². The average Bonchev–Trinajstić information content (AvgIpc) is 3.00. The lowest BCUT2D eigenvalue weighted by Crippen LogP contribution is -2.42. The van der Waals surface area contributed by atoms with Crippen molar-refractivity contribution in [3.05, 3.63) is 89.5 Å². The number of aromatic nitrogens is 3. The van der Waals surface area contributed by atoms with Crippen LogP contribution in [0.2, 0.25) is 0 Å². The third-order valence-electron chi connectivity index (χ3n) is 7.59. The van der Waals surface area contributed by atoms with Gasteiger partial charge in [0.05, 0.1) is 18.4 Å². The largest absolute Gasteiger partial charge is 0.491 e. The van der Waals surface area contributed by atoms with E-state index in [4.69, 9.17) is 20.2 Å². The molecular weight excluding hydrogens is 552 g/mol. The van der Waals surface area contributed by atoms with E-state index < -0.39 is 0 Å². The first-order chi connectivity index (χ1) is 21.2. The first-order valence-electron chi connectivity index (χ1n) is 15.3. The lowest BCUT2D eigenvalue weighted by atomic mass is 10.0. The summed E-state index contributed by atoms with van der Waals surface area (Å²) in [6, 6.07) is 17.8. The quantitative estimate of drug-likeness (QED) is 0.209. The minimum Gasteiger partial charge on any atom is -0.491 e. The van der Waals surface area contributed by atoms with E-state index >= 15 is 0 Å². The lowest BCUT2D eigenvalue weighted by molar-refractivity contribution is 0.0553. The molecule has 0 radical (unpaired) electrons. The minimum atomic E-state index is -0.325. The molecule has 0 unspecified atom stereocenters. The molecule has 1 saturated heterocycles. The van der Waals surface area contributed by atoms with Crippen LogP contribution in [0.3, 0.4) is 0 Å². The highest BCUT2D eigenvalue weighted by Crippen LogP contribution is 2.27. The highest BCUT2D eigenvalue weighted by Gasteiger charge is 2.19. The van der Waals surface area contributed by atoms with E-state index in [1.165, 1.54) is 0 Å². The number of hydrogen-bond acceptors (Lipinski definition) is 8. The molecule has 230 valence electrons. The van der Waals surface area contributed by atoms with E-state index in [-0.39, 0.29) is 18.1 Å². The van der Waals surface area contributed by atoms with Crippen LogP contribution in [0, 0.1) is 13.8 Å². The highest BCUT2D eigenvalue weighted by molar-refractivity contribution is 6.03. The van der Waals surface area contributed by atoms with Crippen molar-refractivity contribution >= 4 is 11.7 Å². The standard InChI is InChI=1S/C35H42N6O3/c1-23(2)43-14-15-44-30-11-9-27(10-12-30)31-18-33(38-19-24(31)3)35(42)40-34-17-26(21-41-13-5-6-29(36)22-41)16-32(39-34)28-8-7-25(4)37-20-28/h7-12,16-20,23,29H,5-6,13-15,21-22,36H2,1-4H3,(H,39,40,42)/t29-/m0/s1. The van der Waals surface area contributed by atoms with Crippen LogP contribution in [-0.4, -0.2) is 64.2 Å². The predicted octanol–water partition coefficient (Wildman–Crippen LogP) is 5.80. The van der Waals surface area contributed by atoms with Gasteiger partial charge in [-0.3, -0.25) is 19.7 Å². The van der Waals surface area contributed by atoms with E-state index in [1.807, 2.05) is 82.4 Å². The molecule has 9 heteroatoms. The van der Waals surface area contributed by atoms with E-state index in [0.29, 0.717) is 24.7 Å². The van der Waals surface area contributed by atoms with Crippen LogP contribution in [0.5, 0.6) is 5.75 Å². The molecule has 44 heavy (non-hydrogen) atoms. The molecule has 0 spiro atoms. The van der Waals surface area contributed by atoms with E-state index in [2.05, 4.69) is 26.3 Å². The number of amides is 1. The van der Waals surface area contributed by atoms with Gasteiger partial charge in [0.1, 0.15) is 23.9 Å². The summed E-state index contributed by atoms with van der Waals surface area (Å²) in [6.45, 7) is 11.5. The molecule has 0 bridgehead atoms. The third kappa shape index (κ3) is 8.47. The zero-order chi connectivity index (χ0) is 31.1. The smallest absolute Gasteiger partial charge is 0.275 e. The normalized spacial score (nSPS) is 15.4. The summed E-state index contributed by atoms with van der Waals surface area (Å²) in [5, 5.41) is 3.00. The third-order valence-corrected chi connectivity index (χ3v) is 7.59. The van der Waals surface area contributed by atoms with Gasteiger partial charge in [-0.1, -0.05) is 12.1 Å². The summed E-state index contributed by atoms with van der Waals surface area (Å²) >= 11 is 0. The van der Waals surface area contributed by atoms with Gasteiger partial charge in [0.15, 0.2) is 0 Å². The van der Waals surface area contributed by atoms with Gasteiger partial charge in [-0.15, -0.1) is 0 Å². The average molecular weight is 595 g/mol. The van der Waals surface area contributed by atoms with Crippen LogP contribution in [-0.2, 0) is 11.3 Å². The molecule has 0 saturated carbocycles. The predicted molar refractivity (Wildman–Crippen MR) is 174 cm³/mol. The number of nitrogens with two attached hydrogens (primary N) is 1. The topological polar surface area (TPSA) is 115 Å². The number of likely N-dealkylation sites (tertiary alicyclic amines) is 1. The number of aryl methyl sites for hydroxylation is 2. The summed E-state index contributed by atoms with van der Waals surface area (Å²) in [6.07, 6.45) is 5.84. The Morgan fingerprint density at radius 2 is 1.82 bits per heavy atom. The molecule has 5 rings (SSSR count). The SMILES string of the molecule is Cc1ccc(-c2cc(CN3CCC[C@H](N)C3)cc(NC(=O)c3cc(-c4ccc(OCCOC(C)C)cc4)c(C)cn3)n2)cn1. The Balaban J connectivity index is 1.34. The van der Waals surface area contributed by atoms with Gasteiger partial charge in [0, 0.05) is 42.8 Å². The zero-order valence-corrected chi connectivity index (χ0v) is 26.0. The number of anilines is 1. The van der Waals surface area contributed by atoms with Gasteiger partial charge in [-0.05, 0) is 112 Å². The molecule has 4 heterocycles. The summed E-state index contributed by atoms with van der Waals surface area (Å²) < 4.78 is 11.3. The fourth-order valence-electron chi connectivity index (χ4n) is 5.32. The zero-order valence-electron chi connectivity index (χ0n) is 26.0. The van der Waals surface area contributed by atoms with Crippen molar-refractivity contribution in [2.24, 2.45) is 5.73 Å². The molecule has 1 aromatic carbocycles. The maximum Gasteiger partial charge on any atom is 0.275 e. The number of carbonyl (C=O) groups excluding carboxylic acids is 1. The lowest BCUT2D eigenvalue weighted by Gasteiger charge is -2.30. The maximum atomic E-state index is 13.5. The number of pyridine rings is 3. The second-order valence-corrected chi connectivity index (χ2v) is 11.7. The van der Waals surface area contributed by atoms with Crippen LogP contribution >= 0.6 is 0 Å². The van der Waals surface area contributed by atoms with E-state index in [1.54, 1.807) is 6.20 Å². The van der Waals surface area contributed by atoms with Gasteiger partial charge >= 0.3 is 0 Å². The summed E-state index contributed by atoms with van der Waals surface area (Å²) in [7, 11) is 0. The molecule has 3 aromatic heterocycles. The van der Waals surface area contributed by atoms with Crippen molar-refractivity contribution in [2.45, 2.75) is 59.2 Å². The Hall–Kier alpha value is -4.18. The summed E-state index contributed by atoms with van der Waals surface area (Å²) in [5.74, 6) is 0.910. The monoisotopic (exact) mass is 594 g/mol. The molecular formula is C35H42N6O3. The van der Waals surface area contributed by atoms with Crippen LogP contribution in [0.1, 0.15) is 54.0 Å². The highest BCUT2D eigenvalue weighted by atomic mass is 16.5. The molecule has 1 amide bonds. The van der Waals surface area contributed by atoms with Gasteiger partial charge in [0.25, 0.3) is 5.91 Å². The van der Waals surface area contributed by atoms with E-state index in [9.17, 15) is 4.79 Å². The minimum absolute atomic E-state index is 0.174. The molecule has 1 fully saturated rings. The van der Waals surface area contributed by atoms with Crippen molar-refractivity contribution in [1.29, 1.82) is 0 Å². The van der Waals surface area contributed by atoms with Crippen LogP contribution < -0.4 is 15.8 Å².